The Hall–Kier alpha value is 3.84. The van der Waals surface area contributed by atoms with Crippen molar-refractivity contribution in [3.8, 4) is 0 Å². The van der Waals surface area contributed by atoms with Crippen molar-refractivity contribution < 1.29 is 0 Å². The van der Waals surface area contributed by atoms with E-state index in [1.54, 1.807) is 0 Å². The number of rotatable bonds is 0. The van der Waals surface area contributed by atoms with E-state index in [9.17, 15) is 0 Å². The van der Waals surface area contributed by atoms with Crippen LogP contribution in [0.2, 0.25) is 0 Å². The van der Waals surface area contributed by atoms with Gasteiger partial charge in [0.15, 0.2) is 0 Å². The van der Waals surface area contributed by atoms with Gasteiger partial charge in [-0.3, -0.25) is 0 Å². The monoisotopic (exact) mass is 707 g/mol. The minimum Gasteiger partial charge on any atom is -0.0865 e. The number of alkyl halides is 8. The molecule has 0 heterocycles. The van der Waals surface area contributed by atoms with Gasteiger partial charge >= 0.3 is 0 Å². The Labute approximate surface area is 150 Å². The number of hydrogen-bond acceptors (Lipinski definition) is 0. The van der Waals surface area contributed by atoms with Crippen LogP contribution in [0.15, 0.2) is 0 Å². The van der Waals surface area contributed by atoms with Gasteiger partial charge in [0.05, 0.1) is 9.65 Å². The summed E-state index contributed by atoms with van der Waals surface area (Å²) >= 11 is 29.4. The Balaban J connectivity index is 3.10. The molecule has 4 unspecified atom stereocenters. The first-order valence-corrected chi connectivity index (χ1v) is 10.3. The van der Waals surface area contributed by atoms with Crippen molar-refractivity contribution in [2.45, 2.75) is 25.8 Å². The normalized spacial score (nSPS) is 46.3. The molecule has 1 rings (SSSR count). The van der Waals surface area contributed by atoms with Crippen LogP contribution in [0.3, 0.4) is 0 Å². The maximum absolute atomic E-state index is 3.68. The molecule has 0 amide bonds. The first-order valence-electron chi connectivity index (χ1n) is 3.46. The second-order valence-electron chi connectivity index (χ2n) is 2.94. The van der Waals surface area contributed by atoms with Crippen molar-refractivity contribution in [3.63, 3.8) is 0 Å². The topological polar surface area (TPSA) is 0 Å². The van der Waals surface area contributed by atoms with Gasteiger partial charge in [-0.05, 0) is 0 Å². The molecule has 0 aromatic heterocycles. The molecule has 1 aliphatic rings. The molecular weight excluding hydrogens is 711 g/mol. The highest BCUT2D eigenvalue weighted by molar-refractivity contribution is 9.31. The molecule has 0 nitrogen and oxygen atoms in total. The summed E-state index contributed by atoms with van der Waals surface area (Å²) in [5, 5.41) is 0. The highest BCUT2D eigenvalue weighted by Gasteiger charge is 2.62. The van der Waals surface area contributed by atoms with E-state index in [2.05, 4.69) is 127 Å². The van der Waals surface area contributed by atoms with Crippen LogP contribution in [0, 0.1) is 0 Å². The zero-order valence-electron chi connectivity index (χ0n) is 6.33. The molecule has 1 fully saturated rings. The van der Waals surface area contributed by atoms with Gasteiger partial charge < -0.3 is 0 Å². The largest absolute Gasteiger partial charge is 0.120 e. The Morgan fingerprint density at radius 3 is 1.00 bits per heavy atom. The summed E-state index contributed by atoms with van der Waals surface area (Å²) in [6.07, 6.45) is 0. The molecule has 0 spiro atoms. The smallest absolute Gasteiger partial charge is 0.0865 e. The third-order valence-corrected chi connectivity index (χ3v) is 17.9. The second-order valence-corrected chi connectivity index (χ2v) is 14.2. The Morgan fingerprint density at radius 2 is 0.786 bits per heavy atom. The van der Waals surface area contributed by atoms with E-state index >= 15 is 0 Å². The van der Waals surface area contributed by atoms with E-state index in [4.69, 9.17) is 0 Å². The Morgan fingerprint density at radius 1 is 0.571 bits per heavy atom. The number of hydrogen-bond donors (Lipinski definition) is 0. The van der Waals surface area contributed by atoms with Gasteiger partial charge in [-0.25, -0.2) is 0 Å². The van der Waals surface area contributed by atoms with Crippen molar-refractivity contribution in [2.24, 2.45) is 0 Å². The molecule has 84 valence electrons. The van der Waals surface area contributed by atoms with E-state index in [1.807, 2.05) is 0 Å². The highest BCUT2D eigenvalue weighted by atomic mass is 79.9. The summed E-state index contributed by atoms with van der Waals surface area (Å²) in [5.41, 5.74) is 0. The molecule has 1 aliphatic carbocycles. The number of halogens is 8. The van der Waals surface area contributed by atoms with Crippen molar-refractivity contribution in [2.75, 3.05) is 0 Å². The zero-order valence-corrected chi connectivity index (χ0v) is 19.0. The van der Waals surface area contributed by atoms with E-state index in [1.165, 1.54) is 0 Å². The lowest BCUT2D eigenvalue weighted by molar-refractivity contribution is 0.570. The maximum Gasteiger partial charge on any atom is 0.120 e. The third kappa shape index (κ3) is 2.57. The first-order chi connectivity index (χ1) is 6.14. The lowest BCUT2D eigenvalue weighted by Crippen LogP contribution is -2.61. The van der Waals surface area contributed by atoms with E-state index in [-0.39, 0.29) is 16.1 Å². The van der Waals surface area contributed by atoms with Gasteiger partial charge in [-0.15, -0.1) is 0 Å². The predicted molar refractivity (Wildman–Crippen MR) is 92.0 cm³/mol. The van der Waals surface area contributed by atoms with Crippen molar-refractivity contribution in [1.82, 2.24) is 0 Å². The quantitative estimate of drug-likeness (QED) is 0.269. The fraction of sp³-hybridized carbons (Fsp3) is 1.00. The van der Waals surface area contributed by atoms with Crippen molar-refractivity contribution in [3.05, 3.63) is 0 Å². The minimum absolute atomic E-state index is 0.215. The highest BCUT2D eigenvalue weighted by Crippen LogP contribution is 2.62. The first kappa shape index (κ1) is 15.9. The van der Waals surface area contributed by atoms with Crippen LogP contribution in [-0.4, -0.2) is 25.8 Å². The Bertz CT molecular complexity index is 202. The molecule has 1 saturated carbocycles. The molecule has 14 heavy (non-hydrogen) atoms. The molecule has 0 aliphatic heterocycles. The summed E-state index contributed by atoms with van der Waals surface area (Å²) in [7, 11) is 0. The standard InChI is InChI=1S/C6H4Br8/c7-1-2(8)4(10)6(13,14)5(11,12)3(1)9/h1-4H. The van der Waals surface area contributed by atoms with Crippen molar-refractivity contribution >= 4 is 127 Å². The van der Waals surface area contributed by atoms with Crippen LogP contribution in [0.5, 0.6) is 0 Å². The van der Waals surface area contributed by atoms with E-state index < -0.39 is 0 Å². The average molecular weight is 715 g/mol. The molecule has 0 N–H and O–H groups in total. The lowest BCUT2D eigenvalue weighted by atomic mass is 9.99. The molecule has 0 saturated heterocycles. The maximum atomic E-state index is 3.68. The van der Waals surface area contributed by atoms with Gasteiger partial charge in [0.2, 0.25) is 0 Å². The molecule has 0 bridgehead atoms. The predicted octanol–water partition coefficient (Wildman–Crippen LogP) is 6.03. The van der Waals surface area contributed by atoms with Gasteiger partial charge in [-0.2, -0.15) is 0 Å². The fourth-order valence-electron chi connectivity index (χ4n) is 1.09. The van der Waals surface area contributed by atoms with Crippen molar-refractivity contribution in [1.29, 1.82) is 0 Å². The average Bonchev–Trinajstić information content (AvgIpc) is 2.10. The Kier molecular flexibility index (Phi) is 6.19. The van der Waals surface area contributed by atoms with Crippen LogP contribution in [0.25, 0.3) is 0 Å². The van der Waals surface area contributed by atoms with E-state index in [0.717, 1.165) is 0 Å². The van der Waals surface area contributed by atoms with Gasteiger partial charge in [0.1, 0.15) is 6.47 Å². The van der Waals surface area contributed by atoms with Crippen LogP contribution in [-0.2, 0) is 0 Å². The third-order valence-electron chi connectivity index (χ3n) is 2.00. The molecule has 8 heteroatoms. The molecular formula is C6H4Br8. The molecule has 0 aromatic carbocycles. The summed E-state index contributed by atoms with van der Waals surface area (Å²) in [6.45, 7) is 0. The minimum atomic E-state index is -0.292. The van der Waals surface area contributed by atoms with E-state index in [0.29, 0.717) is 9.65 Å². The van der Waals surface area contributed by atoms with Gasteiger partial charge in [0, 0.05) is 9.65 Å². The van der Waals surface area contributed by atoms with Gasteiger partial charge in [-0.1, -0.05) is 127 Å². The van der Waals surface area contributed by atoms with Crippen LogP contribution in [0.1, 0.15) is 0 Å². The van der Waals surface area contributed by atoms with Crippen LogP contribution >= 0.6 is 127 Å². The van der Waals surface area contributed by atoms with Crippen LogP contribution < -0.4 is 0 Å². The summed E-state index contributed by atoms with van der Waals surface area (Å²) in [6, 6.07) is 0. The second kappa shape index (κ2) is 5.45. The summed E-state index contributed by atoms with van der Waals surface area (Å²) in [5.74, 6) is 0. The van der Waals surface area contributed by atoms with Gasteiger partial charge in [0.25, 0.3) is 0 Å². The van der Waals surface area contributed by atoms with Crippen LogP contribution in [0.4, 0.5) is 0 Å². The molecule has 0 radical (unpaired) electrons. The zero-order chi connectivity index (χ0) is 11.3. The molecule has 4 atom stereocenters. The summed E-state index contributed by atoms with van der Waals surface area (Å²) < 4.78 is -0.584. The summed E-state index contributed by atoms with van der Waals surface area (Å²) in [4.78, 5) is 1.03. The fourth-order valence-corrected chi connectivity index (χ4v) is 9.47. The lowest BCUT2D eigenvalue weighted by Gasteiger charge is -2.50. The molecule has 0 aromatic rings. The SMILES string of the molecule is BrC1C(Br)C(Br)C(Br)(Br)C(Br)(Br)C1Br.